The molecule has 2 aromatic rings. The topological polar surface area (TPSA) is 77.9 Å². The van der Waals surface area contributed by atoms with E-state index in [9.17, 15) is 9.90 Å². The number of nitrogens with zero attached hydrogens (tertiary/aromatic N) is 2. The van der Waals surface area contributed by atoms with Crippen molar-refractivity contribution >= 4 is 22.7 Å². The van der Waals surface area contributed by atoms with E-state index in [4.69, 9.17) is 0 Å². The van der Waals surface area contributed by atoms with Crippen LogP contribution in [0.3, 0.4) is 0 Å². The van der Waals surface area contributed by atoms with Gasteiger partial charge < -0.3 is 15.2 Å². The van der Waals surface area contributed by atoms with E-state index in [2.05, 4.69) is 15.3 Å². The first-order valence-corrected chi connectivity index (χ1v) is 5.30. The number of aromatic nitrogens is 2. The normalized spacial score (nSPS) is 10.8. The molecule has 17 heavy (non-hydrogen) atoms. The smallest absolute Gasteiger partial charge is 0.137 e. The van der Waals surface area contributed by atoms with Crippen LogP contribution in [0.1, 0.15) is 24.2 Å². The number of anilines is 1. The van der Waals surface area contributed by atoms with Gasteiger partial charge in [0.2, 0.25) is 0 Å². The van der Waals surface area contributed by atoms with Crippen LogP contribution >= 0.6 is 0 Å². The third-order valence-corrected chi connectivity index (χ3v) is 2.30. The number of rotatable bonds is 3. The number of benzene rings is 1. The Kier molecular flexibility index (Phi) is 2.91. The molecule has 0 radical (unpaired) electrons. The molecule has 1 aromatic heterocycles. The molecule has 0 aliphatic heterocycles. The molecule has 0 saturated carbocycles. The first-order chi connectivity index (χ1) is 8.08. The van der Waals surface area contributed by atoms with Gasteiger partial charge in [-0.05, 0) is 31.5 Å². The maximum atomic E-state index is 10.7. The van der Waals surface area contributed by atoms with Crippen LogP contribution < -0.4 is 10.4 Å². The third kappa shape index (κ3) is 2.33. The van der Waals surface area contributed by atoms with E-state index in [0.29, 0.717) is 11.3 Å². The number of carboxylic acid groups (broad SMARTS) is 1. The second kappa shape index (κ2) is 4.37. The Morgan fingerprint density at radius 2 is 2.12 bits per heavy atom. The first kappa shape index (κ1) is 11.3. The summed E-state index contributed by atoms with van der Waals surface area (Å²) >= 11 is 0. The third-order valence-electron chi connectivity index (χ3n) is 2.30. The van der Waals surface area contributed by atoms with E-state index >= 15 is 0 Å². The Morgan fingerprint density at radius 3 is 2.76 bits per heavy atom. The maximum absolute atomic E-state index is 10.7. The second-order valence-electron chi connectivity index (χ2n) is 4.04. The van der Waals surface area contributed by atoms with E-state index in [1.165, 1.54) is 18.5 Å². The number of carboxylic acids is 1. The van der Waals surface area contributed by atoms with Crippen LogP contribution in [0.15, 0.2) is 24.5 Å². The number of aromatic carboxylic acids is 1. The lowest BCUT2D eigenvalue weighted by Gasteiger charge is -2.11. The van der Waals surface area contributed by atoms with Crippen molar-refractivity contribution in [2.75, 3.05) is 5.32 Å². The number of nitrogens with one attached hydrogen (secondary N) is 1. The number of carbonyl (C=O) groups excluding carboxylic acids is 1. The number of hydrogen-bond donors (Lipinski definition) is 1. The molecule has 1 heterocycles. The Morgan fingerprint density at radius 1 is 1.35 bits per heavy atom. The van der Waals surface area contributed by atoms with Crippen LogP contribution in [-0.4, -0.2) is 22.0 Å². The zero-order valence-electron chi connectivity index (χ0n) is 9.60. The quantitative estimate of drug-likeness (QED) is 0.844. The van der Waals surface area contributed by atoms with Crippen LogP contribution in [0, 0.1) is 0 Å². The molecular formula is C12H12N3O2-. The van der Waals surface area contributed by atoms with Gasteiger partial charge in [0.25, 0.3) is 0 Å². The minimum absolute atomic E-state index is 0.117. The van der Waals surface area contributed by atoms with Crippen molar-refractivity contribution in [3.8, 4) is 0 Å². The molecule has 0 aliphatic rings. The van der Waals surface area contributed by atoms with Crippen molar-refractivity contribution in [2.45, 2.75) is 19.9 Å². The summed E-state index contributed by atoms with van der Waals surface area (Å²) in [5, 5.41) is 14.7. The zero-order valence-corrected chi connectivity index (χ0v) is 9.60. The highest BCUT2D eigenvalue weighted by molar-refractivity contribution is 5.95. The Labute approximate surface area is 98.5 Å². The van der Waals surface area contributed by atoms with E-state index < -0.39 is 5.97 Å². The molecule has 0 amide bonds. The monoisotopic (exact) mass is 230 g/mol. The van der Waals surface area contributed by atoms with E-state index in [0.717, 1.165) is 5.39 Å². The van der Waals surface area contributed by atoms with Gasteiger partial charge in [0.15, 0.2) is 0 Å². The SMILES string of the molecule is CC(C)Nc1ncnc2cc(C(=O)[O-])ccc12. The summed E-state index contributed by atoms with van der Waals surface area (Å²) in [6, 6.07) is 4.91. The highest BCUT2D eigenvalue weighted by Crippen LogP contribution is 2.20. The molecule has 0 atom stereocenters. The fraction of sp³-hybridized carbons (Fsp3) is 0.250. The lowest BCUT2D eigenvalue weighted by Crippen LogP contribution is -2.22. The van der Waals surface area contributed by atoms with Gasteiger partial charge in [-0.2, -0.15) is 0 Å². The number of hydrogen-bond acceptors (Lipinski definition) is 5. The van der Waals surface area contributed by atoms with Gasteiger partial charge in [0.05, 0.1) is 11.5 Å². The molecule has 1 N–H and O–H groups in total. The summed E-state index contributed by atoms with van der Waals surface area (Å²) in [5.74, 6) is -0.501. The van der Waals surface area contributed by atoms with Gasteiger partial charge in [-0.3, -0.25) is 0 Å². The average molecular weight is 230 g/mol. The van der Waals surface area contributed by atoms with Crippen molar-refractivity contribution in [3.63, 3.8) is 0 Å². The molecule has 0 aliphatic carbocycles. The van der Waals surface area contributed by atoms with Gasteiger partial charge >= 0.3 is 0 Å². The van der Waals surface area contributed by atoms with E-state index in [1.807, 2.05) is 13.8 Å². The minimum atomic E-state index is -1.20. The number of fused-ring (bicyclic) bond motifs is 1. The van der Waals surface area contributed by atoms with Crippen LogP contribution in [0.5, 0.6) is 0 Å². The Balaban J connectivity index is 2.54. The molecule has 2 rings (SSSR count). The number of carbonyl (C=O) groups is 1. The van der Waals surface area contributed by atoms with E-state index in [1.54, 1.807) is 6.07 Å². The molecular weight excluding hydrogens is 218 g/mol. The van der Waals surface area contributed by atoms with Gasteiger partial charge in [0, 0.05) is 11.4 Å². The van der Waals surface area contributed by atoms with Crippen molar-refractivity contribution in [2.24, 2.45) is 0 Å². The Bertz CT molecular complexity index is 567. The maximum Gasteiger partial charge on any atom is 0.137 e. The molecule has 0 unspecified atom stereocenters. The molecule has 0 spiro atoms. The lowest BCUT2D eigenvalue weighted by atomic mass is 10.1. The zero-order chi connectivity index (χ0) is 12.4. The summed E-state index contributed by atoms with van der Waals surface area (Å²) in [4.78, 5) is 18.9. The van der Waals surface area contributed by atoms with Crippen molar-refractivity contribution in [1.29, 1.82) is 0 Å². The average Bonchev–Trinajstić information content (AvgIpc) is 2.28. The standard InChI is InChI=1S/C12H13N3O2/c1-7(2)15-11-9-4-3-8(12(16)17)5-10(9)13-6-14-11/h3-7H,1-2H3,(H,16,17)(H,13,14,15)/p-1. The predicted octanol–water partition coefficient (Wildman–Crippen LogP) is 0.814. The van der Waals surface area contributed by atoms with Crippen LogP contribution in [0.4, 0.5) is 5.82 Å². The molecule has 1 aromatic carbocycles. The molecule has 0 fully saturated rings. The van der Waals surface area contributed by atoms with Gasteiger partial charge in [-0.15, -0.1) is 0 Å². The van der Waals surface area contributed by atoms with E-state index in [-0.39, 0.29) is 11.6 Å². The summed E-state index contributed by atoms with van der Waals surface area (Å²) in [6.45, 7) is 4.01. The first-order valence-electron chi connectivity index (χ1n) is 5.30. The van der Waals surface area contributed by atoms with Crippen molar-refractivity contribution < 1.29 is 9.90 Å². The minimum Gasteiger partial charge on any atom is -0.545 e. The molecule has 5 heteroatoms. The molecule has 0 bridgehead atoms. The second-order valence-corrected chi connectivity index (χ2v) is 4.04. The summed E-state index contributed by atoms with van der Waals surface area (Å²) < 4.78 is 0. The summed E-state index contributed by atoms with van der Waals surface area (Å²) in [6.07, 6.45) is 1.41. The molecule has 5 nitrogen and oxygen atoms in total. The van der Waals surface area contributed by atoms with Gasteiger partial charge in [-0.25, -0.2) is 9.97 Å². The van der Waals surface area contributed by atoms with Gasteiger partial charge in [0.1, 0.15) is 12.1 Å². The fourth-order valence-corrected chi connectivity index (χ4v) is 1.57. The molecule has 88 valence electrons. The summed E-state index contributed by atoms with van der Waals surface area (Å²) in [5.41, 5.74) is 0.705. The van der Waals surface area contributed by atoms with Crippen LogP contribution in [0.25, 0.3) is 10.9 Å². The van der Waals surface area contributed by atoms with Crippen molar-refractivity contribution in [3.05, 3.63) is 30.1 Å². The lowest BCUT2D eigenvalue weighted by molar-refractivity contribution is -0.255. The van der Waals surface area contributed by atoms with Gasteiger partial charge in [-0.1, -0.05) is 6.07 Å². The predicted molar refractivity (Wildman–Crippen MR) is 62.6 cm³/mol. The fourth-order valence-electron chi connectivity index (χ4n) is 1.57. The Hall–Kier alpha value is -2.17. The highest BCUT2D eigenvalue weighted by Gasteiger charge is 2.05. The van der Waals surface area contributed by atoms with Crippen LogP contribution in [0.2, 0.25) is 0 Å². The largest absolute Gasteiger partial charge is 0.545 e. The molecule has 0 saturated heterocycles. The highest BCUT2D eigenvalue weighted by atomic mass is 16.4. The summed E-state index contributed by atoms with van der Waals surface area (Å²) in [7, 11) is 0. The van der Waals surface area contributed by atoms with Crippen molar-refractivity contribution in [1.82, 2.24) is 9.97 Å². The van der Waals surface area contributed by atoms with Crippen LogP contribution in [-0.2, 0) is 0 Å².